The Bertz CT molecular complexity index is 1180. The smallest absolute Gasteiger partial charge is 0.274 e. The van der Waals surface area contributed by atoms with Gasteiger partial charge in [-0.05, 0) is 42.5 Å². The number of allylic oxidation sites excluding steroid dienone is 1. The van der Waals surface area contributed by atoms with Crippen molar-refractivity contribution in [2.45, 2.75) is 30.6 Å². The van der Waals surface area contributed by atoms with Gasteiger partial charge < -0.3 is 9.80 Å². The normalized spacial score (nSPS) is 20.9. The lowest BCUT2D eigenvalue weighted by Crippen LogP contribution is -2.41. The SMILES string of the molecule is O=C(c1ccc(N2CCC3(C=Cc4ccccc43)CC2)nn1)N1CCC(c2cnccn2)C1. The molecule has 2 aliphatic heterocycles. The number of rotatable bonds is 3. The molecule has 166 valence electrons. The van der Waals surface area contributed by atoms with E-state index in [-0.39, 0.29) is 17.2 Å². The van der Waals surface area contributed by atoms with E-state index in [1.807, 2.05) is 17.0 Å². The van der Waals surface area contributed by atoms with Crippen LogP contribution in [0.1, 0.15) is 52.5 Å². The summed E-state index contributed by atoms with van der Waals surface area (Å²) in [5.41, 5.74) is 4.28. The fourth-order valence-electron chi connectivity index (χ4n) is 5.48. The Morgan fingerprint density at radius 3 is 2.67 bits per heavy atom. The van der Waals surface area contributed by atoms with E-state index in [4.69, 9.17) is 0 Å². The molecule has 2 aromatic heterocycles. The van der Waals surface area contributed by atoms with Gasteiger partial charge in [-0.1, -0.05) is 36.4 Å². The van der Waals surface area contributed by atoms with Gasteiger partial charge in [-0.25, -0.2) is 0 Å². The molecule has 3 aromatic rings. The van der Waals surface area contributed by atoms with Gasteiger partial charge in [0.25, 0.3) is 5.91 Å². The van der Waals surface area contributed by atoms with Crippen molar-refractivity contribution in [3.8, 4) is 0 Å². The van der Waals surface area contributed by atoms with Gasteiger partial charge in [0.2, 0.25) is 0 Å². The summed E-state index contributed by atoms with van der Waals surface area (Å²) < 4.78 is 0. The molecule has 1 amide bonds. The lowest BCUT2D eigenvalue weighted by Gasteiger charge is -2.39. The third-order valence-electron chi connectivity index (χ3n) is 7.41. The van der Waals surface area contributed by atoms with E-state index in [0.717, 1.165) is 43.9 Å². The molecular weight excluding hydrogens is 412 g/mol. The molecule has 1 aliphatic carbocycles. The fraction of sp³-hybridized carbons (Fsp3) is 0.346. The van der Waals surface area contributed by atoms with Crippen molar-refractivity contribution < 1.29 is 4.79 Å². The molecule has 0 N–H and O–H groups in total. The van der Waals surface area contributed by atoms with Crippen LogP contribution in [0, 0.1) is 0 Å². The first kappa shape index (κ1) is 20.0. The number of likely N-dealkylation sites (tertiary alicyclic amines) is 1. The number of anilines is 1. The van der Waals surface area contributed by atoms with Gasteiger partial charge in [-0.3, -0.25) is 14.8 Å². The van der Waals surface area contributed by atoms with Crippen LogP contribution in [0.15, 0.2) is 61.1 Å². The summed E-state index contributed by atoms with van der Waals surface area (Å²) >= 11 is 0. The van der Waals surface area contributed by atoms with Crippen molar-refractivity contribution in [3.63, 3.8) is 0 Å². The number of carbonyl (C=O) groups is 1. The summed E-state index contributed by atoms with van der Waals surface area (Å²) in [5.74, 6) is 1.01. The Labute approximate surface area is 193 Å². The Hall–Kier alpha value is -3.61. The van der Waals surface area contributed by atoms with Crippen LogP contribution in [-0.4, -0.2) is 57.2 Å². The Balaban J connectivity index is 1.10. The van der Waals surface area contributed by atoms with Crippen LogP contribution in [0.2, 0.25) is 0 Å². The molecule has 4 heterocycles. The summed E-state index contributed by atoms with van der Waals surface area (Å²) in [6.07, 6.45) is 12.8. The average Bonchev–Trinajstić information content (AvgIpc) is 3.51. The average molecular weight is 439 g/mol. The molecule has 1 aromatic carbocycles. The first-order chi connectivity index (χ1) is 16.2. The molecule has 3 aliphatic rings. The van der Waals surface area contributed by atoms with Gasteiger partial charge in [0, 0.05) is 56.1 Å². The molecule has 0 bridgehead atoms. The third kappa shape index (κ3) is 3.57. The quantitative estimate of drug-likeness (QED) is 0.623. The van der Waals surface area contributed by atoms with Crippen LogP contribution in [0.25, 0.3) is 6.08 Å². The highest BCUT2D eigenvalue weighted by Gasteiger charge is 2.38. The zero-order valence-corrected chi connectivity index (χ0v) is 18.5. The number of hydrogen-bond donors (Lipinski definition) is 0. The highest BCUT2D eigenvalue weighted by atomic mass is 16.2. The van der Waals surface area contributed by atoms with Crippen molar-refractivity contribution in [2.24, 2.45) is 0 Å². The minimum Gasteiger partial charge on any atom is -0.355 e. The van der Waals surface area contributed by atoms with Crippen LogP contribution in [0.3, 0.4) is 0 Å². The second kappa shape index (κ2) is 8.06. The zero-order valence-electron chi connectivity index (χ0n) is 18.5. The molecule has 6 rings (SSSR count). The molecule has 0 saturated carbocycles. The molecular formula is C26H26N6O. The van der Waals surface area contributed by atoms with E-state index in [0.29, 0.717) is 18.8 Å². The van der Waals surface area contributed by atoms with Crippen LogP contribution in [-0.2, 0) is 5.41 Å². The number of benzene rings is 1. The van der Waals surface area contributed by atoms with Crippen LogP contribution >= 0.6 is 0 Å². The number of fused-ring (bicyclic) bond motifs is 2. The maximum atomic E-state index is 13.0. The summed E-state index contributed by atoms with van der Waals surface area (Å²) in [6.45, 7) is 3.19. The van der Waals surface area contributed by atoms with E-state index < -0.39 is 0 Å². The predicted molar refractivity (Wildman–Crippen MR) is 126 cm³/mol. The molecule has 7 heteroatoms. The second-order valence-electron chi connectivity index (χ2n) is 9.21. The molecule has 2 saturated heterocycles. The van der Waals surface area contributed by atoms with Gasteiger partial charge in [0.15, 0.2) is 11.5 Å². The Morgan fingerprint density at radius 2 is 1.88 bits per heavy atom. The maximum absolute atomic E-state index is 13.0. The summed E-state index contributed by atoms with van der Waals surface area (Å²) in [6, 6.07) is 12.5. The van der Waals surface area contributed by atoms with Crippen molar-refractivity contribution in [2.75, 3.05) is 31.1 Å². The summed E-state index contributed by atoms with van der Waals surface area (Å²) in [5, 5.41) is 8.72. The van der Waals surface area contributed by atoms with E-state index in [1.54, 1.807) is 18.6 Å². The minimum absolute atomic E-state index is 0.0641. The van der Waals surface area contributed by atoms with Gasteiger partial charge >= 0.3 is 0 Å². The standard InChI is InChI=1S/C26H26N6O/c33-25(32-14-8-20(18-32)23-17-27-12-13-28-23)22-5-6-24(30-29-22)31-15-10-26(11-16-31)9-7-19-3-1-2-4-21(19)26/h1-7,9,12-13,17,20H,8,10-11,14-16,18H2. The van der Waals surface area contributed by atoms with Gasteiger partial charge in [0.05, 0.1) is 5.69 Å². The number of carbonyl (C=O) groups excluding carboxylic acids is 1. The van der Waals surface area contributed by atoms with Crippen LogP contribution in [0.5, 0.6) is 0 Å². The zero-order chi connectivity index (χ0) is 22.3. The molecule has 1 spiro atoms. The van der Waals surface area contributed by atoms with E-state index in [2.05, 4.69) is 61.5 Å². The predicted octanol–water partition coefficient (Wildman–Crippen LogP) is 3.46. The first-order valence-corrected chi connectivity index (χ1v) is 11.6. The maximum Gasteiger partial charge on any atom is 0.274 e. The second-order valence-corrected chi connectivity index (χ2v) is 9.21. The third-order valence-corrected chi connectivity index (χ3v) is 7.41. The molecule has 0 radical (unpaired) electrons. The Kier molecular flexibility index (Phi) is 4.89. The van der Waals surface area contributed by atoms with Crippen molar-refractivity contribution in [3.05, 3.63) is 83.6 Å². The van der Waals surface area contributed by atoms with Crippen LogP contribution in [0.4, 0.5) is 5.82 Å². The lowest BCUT2D eigenvalue weighted by molar-refractivity contribution is 0.0783. The van der Waals surface area contributed by atoms with E-state index in [9.17, 15) is 4.79 Å². The van der Waals surface area contributed by atoms with E-state index in [1.165, 1.54) is 11.1 Å². The topological polar surface area (TPSA) is 75.1 Å². The van der Waals surface area contributed by atoms with Crippen molar-refractivity contribution in [1.82, 2.24) is 25.1 Å². The first-order valence-electron chi connectivity index (χ1n) is 11.6. The van der Waals surface area contributed by atoms with Gasteiger partial charge in [0.1, 0.15) is 0 Å². The number of aromatic nitrogens is 4. The highest BCUT2D eigenvalue weighted by Crippen LogP contribution is 2.44. The molecule has 7 nitrogen and oxygen atoms in total. The number of nitrogens with zero attached hydrogens (tertiary/aromatic N) is 6. The molecule has 1 atom stereocenters. The summed E-state index contributed by atoms with van der Waals surface area (Å²) in [4.78, 5) is 25.6. The minimum atomic E-state index is -0.0641. The molecule has 1 unspecified atom stereocenters. The van der Waals surface area contributed by atoms with Crippen LogP contribution < -0.4 is 4.90 Å². The number of hydrogen-bond acceptors (Lipinski definition) is 6. The van der Waals surface area contributed by atoms with Gasteiger partial charge in [-0.2, -0.15) is 0 Å². The monoisotopic (exact) mass is 438 g/mol. The molecule has 33 heavy (non-hydrogen) atoms. The van der Waals surface area contributed by atoms with Gasteiger partial charge in [-0.15, -0.1) is 10.2 Å². The molecule has 2 fully saturated rings. The lowest BCUT2D eigenvalue weighted by atomic mass is 9.74. The summed E-state index contributed by atoms with van der Waals surface area (Å²) in [7, 11) is 0. The Morgan fingerprint density at radius 1 is 1.00 bits per heavy atom. The van der Waals surface area contributed by atoms with E-state index >= 15 is 0 Å². The number of piperidine rings is 1. The van der Waals surface area contributed by atoms with Crippen molar-refractivity contribution >= 4 is 17.8 Å². The largest absolute Gasteiger partial charge is 0.355 e. The fourth-order valence-corrected chi connectivity index (χ4v) is 5.48. The number of amides is 1. The highest BCUT2D eigenvalue weighted by molar-refractivity contribution is 5.92. The van der Waals surface area contributed by atoms with Crippen molar-refractivity contribution in [1.29, 1.82) is 0 Å².